The Bertz CT molecular complexity index is 530. The van der Waals surface area contributed by atoms with E-state index in [-0.39, 0.29) is 23.2 Å². The Hall–Kier alpha value is -1.17. The monoisotopic (exact) mass is 242 g/mol. The summed E-state index contributed by atoms with van der Waals surface area (Å²) in [6, 6.07) is 0. The van der Waals surface area contributed by atoms with Gasteiger partial charge in [-0.2, -0.15) is 5.10 Å². The van der Waals surface area contributed by atoms with Crippen LogP contribution in [0.4, 0.5) is 0 Å². The van der Waals surface area contributed by atoms with Crippen molar-refractivity contribution in [2.24, 2.45) is 13.0 Å². The number of sulfone groups is 1. The van der Waals surface area contributed by atoms with Crippen molar-refractivity contribution in [1.82, 2.24) is 9.78 Å². The third-order valence-corrected chi connectivity index (χ3v) is 4.65. The minimum absolute atomic E-state index is 0.0137. The summed E-state index contributed by atoms with van der Waals surface area (Å²) in [6.07, 6.45) is 2.10. The van der Waals surface area contributed by atoms with E-state index in [0.29, 0.717) is 17.7 Å². The maximum atomic E-state index is 12.1. The van der Waals surface area contributed by atoms with Gasteiger partial charge in [-0.05, 0) is 13.3 Å². The number of Topliss-reactive ketones (excluding diaryl/α,β-unsaturated/α-hetero) is 1. The molecule has 1 aliphatic rings. The predicted octanol–water partition coefficient (Wildman–Crippen LogP) is 0.346. The first-order valence-corrected chi connectivity index (χ1v) is 6.96. The third kappa shape index (κ3) is 2.02. The van der Waals surface area contributed by atoms with Crippen LogP contribution >= 0.6 is 0 Å². The molecule has 1 atom stereocenters. The lowest BCUT2D eigenvalue weighted by Gasteiger charge is -2.04. The van der Waals surface area contributed by atoms with Gasteiger partial charge in [-0.25, -0.2) is 8.42 Å². The molecule has 6 heteroatoms. The maximum absolute atomic E-state index is 12.1. The molecule has 0 N–H and O–H groups in total. The van der Waals surface area contributed by atoms with Gasteiger partial charge in [0.1, 0.15) is 0 Å². The molecular weight excluding hydrogens is 228 g/mol. The molecule has 1 aromatic rings. The number of carbonyl (C=O) groups is 1. The van der Waals surface area contributed by atoms with E-state index in [2.05, 4.69) is 5.10 Å². The quantitative estimate of drug-likeness (QED) is 0.701. The number of carbonyl (C=O) groups excluding carboxylic acids is 1. The average molecular weight is 242 g/mol. The molecular formula is C10H14N2O3S. The van der Waals surface area contributed by atoms with Crippen LogP contribution in [-0.4, -0.2) is 35.5 Å². The smallest absolute Gasteiger partial charge is 0.170 e. The molecule has 1 aromatic heterocycles. The van der Waals surface area contributed by atoms with Crippen molar-refractivity contribution in [2.75, 3.05) is 11.5 Å². The second-order valence-corrected chi connectivity index (χ2v) is 6.49. The fourth-order valence-electron chi connectivity index (χ4n) is 2.06. The zero-order chi connectivity index (χ0) is 11.9. The van der Waals surface area contributed by atoms with Crippen molar-refractivity contribution >= 4 is 15.6 Å². The van der Waals surface area contributed by atoms with Gasteiger partial charge in [0.05, 0.1) is 22.8 Å². The Balaban J connectivity index is 2.24. The summed E-state index contributed by atoms with van der Waals surface area (Å²) in [5, 5.41) is 4.09. The van der Waals surface area contributed by atoms with Crippen LogP contribution in [0.5, 0.6) is 0 Å². The number of hydrogen-bond acceptors (Lipinski definition) is 4. The second kappa shape index (κ2) is 3.69. The predicted molar refractivity (Wildman–Crippen MR) is 59.0 cm³/mol. The van der Waals surface area contributed by atoms with Crippen molar-refractivity contribution < 1.29 is 13.2 Å². The van der Waals surface area contributed by atoms with Crippen molar-refractivity contribution in [1.29, 1.82) is 0 Å². The summed E-state index contributed by atoms with van der Waals surface area (Å²) in [5.74, 6) is -0.359. The molecule has 1 saturated heterocycles. The van der Waals surface area contributed by atoms with Crippen LogP contribution in [0.25, 0.3) is 0 Å². The second-order valence-electron chi connectivity index (χ2n) is 4.27. The molecule has 5 nitrogen and oxygen atoms in total. The summed E-state index contributed by atoms with van der Waals surface area (Å²) < 4.78 is 24.2. The van der Waals surface area contributed by atoms with E-state index in [9.17, 15) is 13.2 Å². The molecule has 0 aromatic carbocycles. The van der Waals surface area contributed by atoms with Crippen molar-refractivity contribution in [3.63, 3.8) is 0 Å². The highest BCUT2D eigenvalue weighted by Crippen LogP contribution is 2.23. The molecule has 1 fully saturated rings. The summed E-state index contributed by atoms with van der Waals surface area (Å²) in [5.41, 5.74) is 1.21. The third-order valence-electron chi connectivity index (χ3n) is 2.88. The number of aromatic nitrogens is 2. The van der Waals surface area contributed by atoms with Gasteiger partial charge in [0, 0.05) is 19.2 Å². The lowest BCUT2D eigenvalue weighted by molar-refractivity contribution is 0.0932. The Morgan fingerprint density at radius 3 is 2.69 bits per heavy atom. The van der Waals surface area contributed by atoms with E-state index in [4.69, 9.17) is 0 Å². The fourth-order valence-corrected chi connectivity index (χ4v) is 3.80. The molecule has 16 heavy (non-hydrogen) atoms. The van der Waals surface area contributed by atoms with E-state index in [0.717, 1.165) is 0 Å². The van der Waals surface area contributed by atoms with Crippen LogP contribution in [0.15, 0.2) is 6.20 Å². The lowest BCUT2D eigenvalue weighted by Crippen LogP contribution is -2.16. The first kappa shape index (κ1) is 11.3. The van der Waals surface area contributed by atoms with E-state index in [1.165, 1.54) is 0 Å². The Kier molecular flexibility index (Phi) is 2.61. The van der Waals surface area contributed by atoms with Gasteiger partial charge in [-0.3, -0.25) is 9.48 Å². The normalized spacial score (nSPS) is 23.5. The van der Waals surface area contributed by atoms with Gasteiger partial charge in [-0.1, -0.05) is 0 Å². The number of aryl methyl sites for hydroxylation is 2. The van der Waals surface area contributed by atoms with Crippen LogP contribution in [0, 0.1) is 12.8 Å². The maximum Gasteiger partial charge on any atom is 0.170 e. The number of ketones is 1. The van der Waals surface area contributed by atoms with Crippen LogP contribution in [0.1, 0.15) is 22.5 Å². The lowest BCUT2D eigenvalue weighted by atomic mass is 9.98. The summed E-state index contributed by atoms with van der Waals surface area (Å²) in [7, 11) is -1.26. The van der Waals surface area contributed by atoms with E-state index < -0.39 is 9.84 Å². The minimum atomic E-state index is -3.00. The Morgan fingerprint density at radius 2 is 2.25 bits per heavy atom. The van der Waals surface area contributed by atoms with Crippen LogP contribution in [-0.2, 0) is 16.9 Å². The van der Waals surface area contributed by atoms with Crippen molar-refractivity contribution in [2.45, 2.75) is 13.3 Å². The Morgan fingerprint density at radius 1 is 1.56 bits per heavy atom. The van der Waals surface area contributed by atoms with Gasteiger partial charge >= 0.3 is 0 Å². The highest BCUT2D eigenvalue weighted by Gasteiger charge is 2.34. The first-order valence-electron chi connectivity index (χ1n) is 5.14. The zero-order valence-electron chi connectivity index (χ0n) is 9.30. The van der Waals surface area contributed by atoms with Crippen LogP contribution in [0.3, 0.4) is 0 Å². The van der Waals surface area contributed by atoms with E-state index in [1.807, 2.05) is 0 Å². The van der Waals surface area contributed by atoms with Crippen molar-refractivity contribution in [3.05, 3.63) is 17.5 Å². The van der Waals surface area contributed by atoms with Gasteiger partial charge in [-0.15, -0.1) is 0 Å². The Labute approximate surface area is 94.4 Å². The molecule has 1 unspecified atom stereocenters. The number of nitrogens with zero attached hydrogens (tertiary/aromatic N) is 2. The number of rotatable bonds is 2. The molecule has 88 valence electrons. The van der Waals surface area contributed by atoms with E-state index in [1.54, 1.807) is 24.9 Å². The molecule has 0 spiro atoms. The summed E-state index contributed by atoms with van der Waals surface area (Å²) in [4.78, 5) is 12.1. The molecule has 0 bridgehead atoms. The van der Waals surface area contributed by atoms with Crippen molar-refractivity contribution in [3.8, 4) is 0 Å². The first-order chi connectivity index (χ1) is 7.39. The van der Waals surface area contributed by atoms with Gasteiger partial charge in [0.2, 0.25) is 0 Å². The van der Waals surface area contributed by atoms with Gasteiger partial charge in [0.25, 0.3) is 0 Å². The molecule has 0 saturated carbocycles. The summed E-state index contributed by atoms with van der Waals surface area (Å²) >= 11 is 0. The minimum Gasteiger partial charge on any atom is -0.294 e. The van der Waals surface area contributed by atoms with Crippen LogP contribution in [0.2, 0.25) is 0 Å². The highest BCUT2D eigenvalue weighted by atomic mass is 32.2. The summed E-state index contributed by atoms with van der Waals surface area (Å²) in [6.45, 7) is 1.76. The van der Waals surface area contributed by atoms with E-state index >= 15 is 0 Å². The molecule has 0 aliphatic carbocycles. The van der Waals surface area contributed by atoms with Gasteiger partial charge in [0.15, 0.2) is 15.6 Å². The fraction of sp³-hybridized carbons (Fsp3) is 0.600. The van der Waals surface area contributed by atoms with Gasteiger partial charge < -0.3 is 0 Å². The molecule has 2 rings (SSSR count). The highest BCUT2D eigenvalue weighted by molar-refractivity contribution is 7.91. The molecule has 2 heterocycles. The molecule has 0 amide bonds. The zero-order valence-corrected chi connectivity index (χ0v) is 10.1. The topological polar surface area (TPSA) is 69.0 Å². The molecule has 0 radical (unpaired) electrons. The SMILES string of the molecule is Cc1nn(C)cc1C(=O)C1CCS(=O)(=O)C1. The largest absolute Gasteiger partial charge is 0.294 e. The molecule has 1 aliphatic heterocycles. The van der Waals surface area contributed by atoms with Crippen LogP contribution < -0.4 is 0 Å². The standard InChI is InChI=1S/C10H14N2O3S/c1-7-9(5-12(2)11-7)10(13)8-3-4-16(14,15)6-8/h5,8H,3-4,6H2,1-2H3. The number of hydrogen-bond donors (Lipinski definition) is 0. The average Bonchev–Trinajstić information content (AvgIpc) is 2.68.